The monoisotopic (exact) mass is 344 g/mol. The smallest absolute Gasteiger partial charge is 0.253 e. The van der Waals surface area contributed by atoms with Crippen LogP contribution < -0.4 is 5.56 Å². The quantitative estimate of drug-likeness (QED) is 0.870. The lowest BCUT2D eigenvalue weighted by Crippen LogP contribution is -2.40. The van der Waals surface area contributed by atoms with E-state index in [0.717, 1.165) is 35.9 Å². The third-order valence-electron chi connectivity index (χ3n) is 4.51. The van der Waals surface area contributed by atoms with Crippen molar-refractivity contribution in [2.75, 3.05) is 26.9 Å². The van der Waals surface area contributed by atoms with Crippen molar-refractivity contribution in [1.82, 2.24) is 9.88 Å². The number of aryl methyl sites for hydroxylation is 1. The van der Waals surface area contributed by atoms with Gasteiger partial charge in [-0.15, -0.1) is 0 Å². The zero-order valence-electron chi connectivity index (χ0n) is 14.7. The van der Waals surface area contributed by atoms with Gasteiger partial charge in [0.2, 0.25) is 5.91 Å². The topological polar surface area (TPSA) is 71.6 Å². The molecule has 0 spiro atoms. The van der Waals surface area contributed by atoms with Crippen LogP contribution in [-0.4, -0.2) is 48.8 Å². The highest BCUT2D eigenvalue weighted by Crippen LogP contribution is 2.17. The molecule has 134 valence electrons. The highest BCUT2D eigenvalue weighted by atomic mass is 16.5. The predicted molar refractivity (Wildman–Crippen MR) is 95.6 cm³/mol. The van der Waals surface area contributed by atoms with E-state index in [4.69, 9.17) is 9.47 Å². The van der Waals surface area contributed by atoms with Crippen LogP contribution in [0.15, 0.2) is 29.1 Å². The molecule has 2 heterocycles. The largest absolute Gasteiger partial charge is 0.376 e. The predicted octanol–water partition coefficient (Wildman–Crippen LogP) is 1.99. The summed E-state index contributed by atoms with van der Waals surface area (Å²) in [6.07, 6.45) is 1.97. The number of carbonyl (C=O) groups excluding carboxylic acids is 1. The van der Waals surface area contributed by atoms with Gasteiger partial charge in [-0.2, -0.15) is 0 Å². The summed E-state index contributed by atoms with van der Waals surface area (Å²) in [6, 6.07) is 7.78. The molecule has 0 saturated carbocycles. The fraction of sp³-hybridized carbons (Fsp3) is 0.474. The first-order valence-electron chi connectivity index (χ1n) is 8.57. The van der Waals surface area contributed by atoms with Crippen molar-refractivity contribution in [2.45, 2.75) is 32.4 Å². The van der Waals surface area contributed by atoms with Gasteiger partial charge in [0.1, 0.15) is 6.61 Å². The Balaban J connectivity index is 1.85. The van der Waals surface area contributed by atoms with Crippen molar-refractivity contribution in [2.24, 2.45) is 0 Å². The number of aromatic amines is 1. The molecular weight excluding hydrogens is 320 g/mol. The molecule has 0 unspecified atom stereocenters. The van der Waals surface area contributed by atoms with Gasteiger partial charge in [-0.1, -0.05) is 12.1 Å². The van der Waals surface area contributed by atoms with Gasteiger partial charge in [-0.05, 0) is 42.8 Å². The lowest BCUT2D eigenvalue weighted by atomic mass is 10.1. The number of H-pyrrole nitrogens is 1. The summed E-state index contributed by atoms with van der Waals surface area (Å²) < 4.78 is 10.6. The normalized spacial score (nSPS) is 17.1. The highest BCUT2D eigenvalue weighted by molar-refractivity contribution is 5.80. The molecule has 1 aromatic heterocycles. The van der Waals surface area contributed by atoms with Crippen LogP contribution in [0.1, 0.15) is 24.0 Å². The van der Waals surface area contributed by atoms with Crippen LogP contribution in [0.3, 0.4) is 0 Å². The minimum atomic E-state index is -0.166. The Morgan fingerprint density at radius 3 is 2.96 bits per heavy atom. The molecule has 6 heteroatoms. The number of nitrogens with zero attached hydrogens (tertiary/aromatic N) is 1. The van der Waals surface area contributed by atoms with Crippen LogP contribution in [0, 0.1) is 6.92 Å². The summed E-state index contributed by atoms with van der Waals surface area (Å²) in [5.41, 5.74) is 2.30. The Morgan fingerprint density at radius 1 is 1.40 bits per heavy atom. The van der Waals surface area contributed by atoms with Crippen LogP contribution in [-0.2, 0) is 20.8 Å². The maximum atomic E-state index is 12.4. The van der Waals surface area contributed by atoms with Crippen LogP contribution in [0.4, 0.5) is 0 Å². The number of nitrogens with one attached hydrogen (secondary N) is 1. The molecule has 1 aliphatic heterocycles. The maximum Gasteiger partial charge on any atom is 0.253 e. The van der Waals surface area contributed by atoms with E-state index >= 15 is 0 Å². The number of benzene rings is 1. The number of hydrogen-bond acceptors (Lipinski definition) is 4. The van der Waals surface area contributed by atoms with Crippen LogP contribution in [0.2, 0.25) is 0 Å². The number of hydrogen-bond donors (Lipinski definition) is 1. The van der Waals surface area contributed by atoms with Crippen molar-refractivity contribution in [1.29, 1.82) is 0 Å². The summed E-state index contributed by atoms with van der Waals surface area (Å²) in [5, 5.41) is 0.955. The lowest BCUT2D eigenvalue weighted by molar-refractivity contribution is -0.137. The molecule has 3 rings (SSSR count). The highest BCUT2D eigenvalue weighted by Gasteiger charge is 2.23. The van der Waals surface area contributed by atoms with Gasteiger partial charge in [0.05, 0.1) is 12.6 Å². The van der Waals surface area contributed by atoms with E-state index in [2.05, 4.69) is 4.98 Å². The minimum Gasteiger partial charge on any atom is -0.376 e. The molecule has 6 nitrogen and oxygen atoms in total. The summed E-state index contributed by atoms with van der Waals surface area (Å²) in [5.74, 6) is -0.138. The van der Waals surface area contributed by atoms with Gasteiger partial charge in [0.25, 0.3) is 5.56 Å². The Kier molecular flexibility index (Phi) is 5.50. The molecule has 0 bridgehead atoms. The van der Waals surface area contributed by atoms with Gasteiger partial charge in [0.15, 0.2) is 0 Å². The van der Waals surface area contributed by atoms with E-state index in [9.17, 15) is 9.59 Å². The van der Waals surface area contributed by atoms with Gasteiger partial charge in [-0.25, -0.2) is 0 Å². The fourth-order valence-electron chi connectivity index (χ4n) is 3.19. The second-order valence-corrected chi connectivity index (χ2v) is 6.56. The van der Waals surface area contributed by atoms with Gasteiger partial charge < -0.3 is 19.4 Å². The number of carbonyl (C=O) groups is 1. The van der Waals surface area contributed by atoms with Gasteiger partial charge >= 0.3 is 0 Å². The second-order valence-electron chi connectivity index (χ2n) is 6.56. The Hall–Kier alpha value is -2.18. The third-order valence-corrected chi connectivity index (χ3v) is 4.51. The summed E-state index contributed by atoms with van der Waals surface area (Å²) in [6.45, 7) is 3.44. The van der Waals surface area contributed by atoms with E-state index < -0.39 is 0 Å². The molecule has 1 saturated heterocycles. The lowest BCUT2D eigenvalue weighted by Gasteiger charge is -2.25. The SMILES string of the molecule is COCC(=O)N(Cc1cc2ccc(C)cc2[nH]c1=O)C[C@@H]1CCCO1. The zero-order valence-corrected chi connectivity index (χ0v) is 14.7. The van der Waals surface area contributed by atoms with Crippen LogP contribution in [0.5, 0.6) is 0 Å². The van der Waals surface area contributed by atoms with Crippen molar-refractivity contribution in [3.8, 4) is 0 Å². The Morgan fingerprint density at radius 2 is 2.24 bits per heavy atom. The summed E-state index contributed by atoms with van der Waals surface area (Å²) in [4.78, 5) is 29.4. The van der Waals surface area contributed by atoms with Gasteiger partial charge in [-0.3, -0.25) is 9.59 Å². The van der Waals surface area contributed by atoms with E-state index in [1.54, 1.807) is 4.90 Å². The zero-order chi connectivity index (χ0) is 17.8. The number of ether oxygens (including phenoxy) is 2. The van der Waals surface area contributed by atoms with Crippen molar-refractivity contribution in [3.05, 3.63) is 45.7 Å². The Labute approximate surface area is 146 Å². The molecule has 1 N–H and O–H groups in total. The number of amides is 1. The fourth-order valence-corrected chi connectivity index (χ4v) is 3.19. The van der Waals surface area contributed by atoms with E-state index in [0.29, 0.717) is 12.1 Å². The van der Waals surface area contributed by atoms with E-state index in [1.807, 2.05) is 31.2 Å². The molecular formula is C19H24N2O4. The summed E-state index contributed by atoms with van der Waals surface area (Å²) in [7, 11) is 1.49. The summed E-state index contributed by atoms with van der Waals surface area (Å²) >= 11 is 0. The Bertz CT molecular complexity index is 809. The first-order chi connectivity index (χ1) is 12.1. The molecule has 1 fully saturated rings. The van der Waals surface area contributed by atoms with Crippen LogP contribution in [0.25, 0.3) is 10.9 Å². The van der Waals surface area contributed by atoms with Gasteiger partial charge in [0, 0.05) is 31.3 Å². The molecule has 1 aliphatic rings. The molecule has 25 heavy (non-hydrogen) atoms. The van der Waals surface area contributed by atoms with Crippen LogP contribution >= 0.6 is 0 Å². The molecule has 2 aromatic rings. The minimum absolute atomic E-state index is 0.00258. The average Bonchev–Trinajstić information content (AvgIpc) is 3.08. The number of methoxy groups -OCH3 is 1. The molecule has 0 aliphatic carbocycles. The molecule has 1 aromatic carbocycles. The number of aromatic nitrogens is 1. The standard InChI is InChI=1S/C19H24N2O4/c1-13-5-6-14-9-15(19(23)20-17(14)8-13)10-21(18(22)12-24-2)11-16-4-3-7-25-16/h5-6,8-9,16H,3-4,7,10-12H2,1-2H3,(H,20,23)/t16-/m0/s1. The first kappa shape index (κ1) is 17.6. The van der Waals surface area contributed by atoms with Crippen molar-refractivity contribution >= 4 is 16.8 Å². The maximum absolute atomic E-state index is 12.4. The molecule has 0 radical (unpaired) electrons. The second kappa shape index (κ2) is 7.80. The number of rotatable bonds is 6. The number of fused-ring (bicyclic) bond motifs is 1. The number of pyridine rings is 1. The van der Waals surface area contributed by atoms with Crippen molar-refractivity contribution < 1.29 is 14.3 Å². The first-order valence-corrected chi connectivity index (χ1v) is 8.57. The van der Waals surface area contributed by atoms with E-state index in [-0.39, 0.29) is 30.7 Å². The molecule has 1 amide bonds. The molecule has 1 atom stereocenters. The van der Waals surface area contributed by atoms with Crippen molar-refractivity contribution in [3.63, 3.8) is 0 Å². The average molecular weight is 344 g/mol. The van der Waals surface area contributed by atoms with E-state index in [1.165, 1.54) is 7.11 Å². The third kappa shape index (κ3) is 4.27.